The summed E-state index contributed by atoms with van der Waals surface area (Å²) in [7, 11) is -1.99. The van der Waals surface area contributed by atoms with Crippen molar-refractivity contribution in [3.05, 3.63) is 51.7 Å². The second kappa shape index (κ2) is 11.1. The minimum Gasteiger partial charge on any atom is -0.140 e. The van der Waals surface area contributed by atoms with Gasteiger partial charge in [0.25, 0.3) is 0 Å². The van der Waals surface area contributed by atoms with Crippen molar-refractivity contribution in [2.24, 2.45) is 5.92 Å². The Labute approximate surface area is 211 Å². The van der Waals surface area contributed by atoms with Gasteiger partial charge < -0.3 is 0 Å². The molecule has 178 valence electrons. The molecular weight excluding hydrogens is 453 g/mol. The molecule has 0 aliphatic carbocycles. The first-order valence-electron chi connectivity index (χ1n) is 13.3. The molecule has 1 aromatic carbocycles. The van der Waals surface area contributed by atoms with Crippen molar-refractivity contribution in [3.8, 4) is 9.75 Å². The Kier molecular flexibility index (Phi) is 8.36. The highest BCUT2D eigenvalue weighted by Crippen LogP contribution is 2.42. The van der Waals surface area contributed by atoms with Crippen LogP contribution in [0.4, 0.5) is 0 Å². The van der Waals surface area contributed by atoms with E-state index in [0.717, 1.165) is 5.92 Å². The van der Waals surface area contributed by atoms with Crippen molar-refractivity contribution < 1.29 is 0 Å². The molecule has 3 heteroatoms. The van der Waals surface area contributed by atoms with Crippen LogP contribution in [0.5, 0.6) is 0 Å². The number of hydrogen-bond donors (Lipinski definition) is 0. The highest BCUT2D eigenvalue weighted by Gasteiger charge is 2.50. The highest BCUT2D eigenvalue weighted by molar-refractivity contribution is 7.31. The summed E-state index contributed by atoms with van der Waals surface area (Å²) in [5.41, 5.74) is 1.53. The Morgan fingerprint density at radius 1 is 0.758 bits per heavy atom. The van der Waals surface area contributed by atoms with Gasteiger partial charge in [0.2, 0.25) is 0 Å². The molecule has 0 saturated carbocycles. The lowest BCUT2D eigenvalue weighted by molar-refractivity contribution is 0.488. The highest BCUT2D eigenvalue weighted by atomic mass is 32.1. The molecular formula is C30H42S2Si. The fraction of sp³-hybridized carbons (Fsp3) is 0.533. The first-order chi connectivity index (χ1) is 16.0. The van der Waals surface area contributed by atoms with Crippen LogP contribution in [0.1, 0.15) is 87.5 Å². The number of hydrogen-bond acceptors (Lipinski definition) is 2. The van der Waals surface area contributed by atoms with E-state index in [1.807, 2.05) is 22.7 Å². The van der Waals surface area contributed by atoms with Crippen LogP contribution < -0.4 is 15.6 Å². The smallest absolute Gasteiger partial charge is 0.140 e. The van der Waals surface area contributed by atoms with E-state index in [4.69, 9.17) is 0 Å². The molecule has 0 fully saturated rings. The molecule has 0 bridgehead atoms. The van der Waals surface area contributed by atoms with Gasteiger partial charge in [-0.3, -0.25) is 0 Å². The summed E-state index contributed by atoms with van der Waals surface area (Å²) in [6.45, 7) is 11.7. The SMILES string of the molecule is CCCCCCc1ccc([Si]2(CC(CC)CCCC)c3cc(C)sc3-c3sc(C)cc32)cc1. The molecule has 0 saturated heterocycles. The van der Waals surface area contributed by atoms with Gasteiger partial charge in [-0.25, -0.2) is 0 Å². The number of rotatable bonds is 12. The van der Waals surface area contributed by atoms with E-state index in [1.54, 1.807) is 25.3 Å². The van der Waals surface area contributed by atoms with Crippen LogP contribution in [0.3, 0.4) is 0 Å². The van der Waals surface area contributed by atoms with Crippen molar-refractivity contribution in [2.45, 2.75) is 98.5 Å². The molecule has 3 aromatic rings. The molecule has 0 radical (unpaired) electrons. The van der Waals surface area contributed by atoms with E-state index in [9.17, 15) is 0 Å². The molecule has 4 rings (SSSR count). The van der Waals surface area contributed by atoms with E-state index >= 15 is 0 Å². The quantitative estimate of drug-likeness (QED) is 0.176. The average molecular weight is 495 g/mol. The van der Waals surface area contributed by atoms with Crippen molar-refractivity contribution in [1.29, 1.82) is 0 Å². The molecule has 0 spiro atoms. The Morgan fingerprint density at radius 2 is 1.36 bits per heavy atom. The first kappa shape index (κ1) is 24.9. The maximum atomic E-state index is 2.58. The second-order valence-corrected chi connectivity index (χ2v) is 16.6. The van der Waals surface area contributed by atoms with Crippen LogP contribution in [-0.2, 0) is 6.42 Å². The van der Waals surface area contributed by atoms with Gasteiger partial charge in [-0.15, -0.1) is 22.7 Å². The lowest BCUT2D eigenvalue weighted by Crippen LogP contribution is -2.65. The maximum Gasteiger partial charge on any atom is 0.152 e. The number of aryl methyl sites for hydroxylation is 3. The van der Waals surface area contributed by atoms with Gasteiger partial charge in [-0.2, -0.15) is 0 Å². The maximum absolute atomic E-state index is 2.58. The van der Waals surface area contributed by atoms with Gasteiger partial charge in [0.15, 0.2) is 8.07 Å². The topological polar surface area (TPSA) is 0 Å². The van der Waals surface area contributed by atoms with Crippen LogP contribution in [0.15, 0.2) is 36.4 Å². The number of unbranched alkanes of at least 4 members (excludes halogenated alkanes) is 4. The summed E-state index contributed by atoms with van der Waals surface area (Å²) in [6, 6.07) is 16.6. The van der Waals surface area contributed by atoms with Crippen molar-refractivity contribution in [3.63, 3.8) is 0 Å². The fourth-order valence-corrected chi connectivity index (χ4v) is 15.2. The molecule has 0 nitrogen and oxygen atoms in total. The van der Waals surface area contributed by atoms with E-state index < -0.39 is 8.07 Å². The van der Waals surface area contributed by atoms with Crippen molar-refractivity contribution in [1.82, 2.24) is 0 Å². The minimum absolute atomic E-state index is 0.824. The van der Waals surface area contributed by atoms with Gasteiger partial charge in [0.1, 0.15) is 0 Å². The van der Waals surface area contributed by atoms with Crippen LogP contribution in [0.2, 0.25) is 6.04 Å². The lowest BCUT2D eigenvalue weighted by atomic mass is 10.0. The van der Waals surface area contributed by atoms with Gasteiger partial charge in [0, 0.05) is 19.5 Å². The van der Waals surface area contributed by atoms with Crippen LogP contribution in [0.25, 0.3) is 9.75 Å². The molecule has 3 heterocycles. The standard InChI is InChI=1S/C30H42S2Si/c1-6-9-11-12-14-25-15-17-26(18-16-25)33(21-24(8-3)13-10-7-2)27-19-22(4)31-29(27)30-28(33)20-23(5)32-30/h15-20,24H,6-14,21H2,1-5H3. The van der Waals surface area contributed by atoms with Crippen molar-refractivity contribution >= 4 is 46.3 Å². The Bertz CT molecular complexity index is 994. The van der Waals surface area contributed by atoms with Crippen LogP contribution >= 0.6 is 22.7 Å². The predicted molar refractivity (Wildman–Crippen MR) is 154 cm³/mol. The summed E-state index contributed by atoms with van der Waals surface area (Å²) in [5, 5.41) is 5.12. The third-order valence-electron chi connectivity index (χ3n) is 7.74. The zero-order chi connectivity index (χ0) is 23.4. The Morgan fingerprint density at radius 3 is 1.91 bits per heavy atom. The van der Waals surface area contributed by atoms with Gasteiger partial charge in [0.05, 0.1) is 0 Å². The minimum atomic E-state index is -1.99. The number of thiophene rings is 2. The molecule has 2 aromatic heterocycles. The summed E-state index contributed by atoms with van der Waals surface area (Å²) in [4.78, 5) is 6.20. The summed E-state index contributed by atoms with van der Waals surface area (Å²) in [6.07, 6.45) is 12.0. The molecule has 0 amide bonds. The summed E-state index contributed by atoms with van der Waals surface area (Å²) < 4.78 is 0. The lowest BCUT2D eigenvalue weighted by Gasteiger charge is -2.33. The summed E-state index contributed by atoms with van der Waals surface area (Å²) >= 11 is 4.09. The van der Waals surface area contributed by atoms with Crippen LogP contribution in [0, 0.1) is 19.8 Å². The van der Waals surface area contributed by atoms with E-state index in [2.05, 4.69) is 71.0 Å². The fourth-order valence-electron chi connectivity index (χ4n) is 5.88. The van der Waals surface area contributed by atoms with Crippen LogP contribution in [-0.4, -0.2) is 8.07 Å². The second-order valence-electron chi connectivity index (χ2n) is 10.2. The van der Waals surface area contributed by atoms with Gasteiger partial charge in [-0.1, -0.05) is 90.0 Å². The number of fused-ring (bicyclic) bond motifs is 3. The zero-order valence-corrected chi connectivity index (χ0v) is 24.1. The molecule has 1 aliphatic rings. The summed E-state index contributed by atoms with van der Waals surface area (Å²) in [5.74, 6) is 0.824. The normalized spacial score (nSPS) is 14.9. The predicted octanol–water partition coefficient (Wildman–Crippen LogP) is 8.22. The van der Waals surface area contributed by atoms with E-state index in [1.165, 1.54) is 79.1 Å². The molecule has 1 aliphatic heterocycles. The molecule has 33 heavy (non-hydrogen) atoms. The van der Waals surface area contributed by atoms with E-state index in [-0.39, 0.29) is 0 Å². The Hall–Kier alpha value is -1.16. The molecule has 1 unspecified atom stereocenters. The largest absolute Gasteiger partial charge is 0.152 e. The monoisotopic (exact) mass is 494 g/mol. The zero-order valence-electron chi connectivity index (χ0n) is 21.4. The van der Waals surface area contributed by atoms with Crippen molar-refractivity contribution in [2.75, 3.05) is 0 Å². The van der Waals surface area contributed by atoms with Gasteiger partial charge in [-0.05, 0) is 71.9 Å². The molecule has 1 atom stereocenters. The average Bonchev–Trinajstić information content (AvgIpc) is 3.45. The number of benzene rings is 1. The third kappa shape index (κ3) is 4.97. The molecule has 0 N–H and O–H groups in total. The Balaban J connectivity index is 1.76. The third-order valence-corrected chi connectivity index (χ3v) is 15.5. The first-order valence-corrected chi connectivity index (χ1v) is 17.2. The van der Waals surface area contributed by atoms with Gasteiger partial charge >= 0.3 is 0 Å². The van der Waals surface area contributed by atoms with E-state index in [0.29, 0.717) is 0 Å².